The van der Waals surface area contributed by atoms with Crippen LogP contribution in [0.1, 0.15) is 25.3 Å². The summed E-state index contributed by atoms with van der Waals surface area (Å²) in [6.07, 6.45) is 3.89. The lowest BCUT2D eigenvalue weighted by Crippen LogP contribution is -2.08. The van der Waals surface area contributed by atoms with Crippen molar-refractivity contribution in [1.82, 2.24) is 19.5 Å². The number of nitrogen functional groups attached to an aromatic ring is 2. The molecule has 1 saturated carbocycles. The minimum Gasteiger partial charge on any atom is -0.393 e. The number of imidazole rings is 1. The summed E-state index contributed by atoms with van der Waals surface area (Å²) in [7, 11) is 0. The van der Waals surface area contributed by atoms with Crippen LogP contribution in [0.2, 0.25) is 0 Å². The van der Waals surface area contributed by atoms with Crippen LogP contribution in [0.4, 0.5) is 11.8 Å². The number of aromatic nitrogens is 4. The molecule has 0 unspecified atom stereocenters. The minimum atomic E-state index is -0.242. The number of nitrogens with two attached hydrogens (primary N) is 2. The highest BCUT2D eigenvalue weighted by Gasteiger charge is 2.26. The lowest BCUT2D eigenvalue weighted by atomic mass is 10.2. The van der Waals surface area contributed by atoms with Crippen molar-refractivity contribution >= 4 is 22.9 Å². The second kappa shape index (κ2) is 3.56. The predicted molar refractivity (Wildman–Crippen MR) is 63.0 cm³/mol. The van der Waals surface area contributed by atoms with E-state index in [1.165, 1.54) is 0 Å². The monoisotopic (exact) mass is 234 g/mol. The van der Waals surface area contributed by atoms with Gasteiger partial charge in [-0.15, -0.1) is 0 Å². The summed E-state index contributed by atoms with van der Waals surface area (Å²) in [4.78, 5) is 12.3. The number of hydrogen-bond donors (Lipinski definition) is 3. The van der Waals surface area contributed by atoms with Crippen LogP contribution in [0.5, 0.6) is 0 Å². The molecular formula is C10H14N6O. The molecule has 2 aromatic heterocycles. The molecular weight excluding hydrogens is 220 g/mol. The van der Waals surface area contributed by atoms with E-state index in [0.29, 0.717) is 17.0 Å². The zero-order valence-electron chi connectivity index (χ0n) is 9.24. The minimum absolute atomic E-state index is 0.148. The second-order valence-corrected chi connectivity index (χ2v) is 4.41. The highest BCUT2D eigenvalue weighted by Crippen LogP contribution is 2.32. The highest BCUT2D eigenvalue weighted by atomic mass is 16.3. The van der Waals surface area contributed by atoms with Crippen molar-refractivity contribution in [2.45, 2.75) is 31.4 Å². The van der Waals surface area contributed by atoms with Crippen molar-refractivity contribution in [1.29, 1.82) is 0 Å². The van der Waals surface area contributed by atoms with Gasteiger partial charge >= 0.3 is 0 Å². The molecule has 0 aromatic carbocycles. The van der Waals surface area contributed by atoms with Gasteiger partial charge in [0.15, 0.2) is 11.5 Å². The number of fused-ring (bicyclic) bond motifs is 1. The van der Waals surface area contributed by atoms with Gasteiger partial charge in [0.05, 0.1) is 12.4 Å². The van der Waals surface area contributed by atoms with Gasteiger partial charge in [-0.05, 0) is 19.3 Å². The molecule has 3 rings (SSSR count). The third-order valence-corrected chi connectivity index (χ3v) is 3.24. The van der Waals surface area contributed by atoms with Gasteiger partial charge in [-0.25, -0.2) is 4.98 Å². The molecule has 90 valence electrons. The number of aliphatic hydroxyl groups is 1. The molecule has 2 atom stereocenters. The number of nitrogens with zero attached hydrogens (tertiary/aromatic N) is 4. The molecule has 0 spiro atoms. The van der Waals surface area contributed by atoms with Crippen molar-refractivity contribution in [2.75, 3.05) is 11.5 Å². The number of anilines is 2. The van der Waals surface area contributed by atoms with E-state index in [9.17, 15) is 5.11 Å². The molecule has 1 aliphatic rings. The van der Waals surface area contributed by atoms with Gasteiger partial charge in [0, 0.05) is 6.04 Å². The molecule has 0 saturated heterocycles. The number of hydrogen-bond acceptors (Lipinski definition) is 6. The molecule has 17 heavy (non-hydrogen) atoms. The van der Waals surface area contributed by atoms with Crippen LogP contribution in [-0.2, 0) is 0 Å². The van der Waals surface area contributed by atoms with Crippen LogP contribution in [0.3, 0.4) is 0 Å². The van der Waals surface area contributed by atoms with Gasteiger partial charge in [0.25, 0.3) is 0 Å². The van der Waals surface area contributed by atoms with Crippen molar-refractivity contribution in [3.05, 3.63) is 6.33 Å². The Morgan fingerprint density at radius 2 is 2.12 bits per heavy atom. The number of aliphatic hydroxyl groups excluding tert-OH is 1. The van der Waals surface area contributed by atoms with Crippen LogP contribution < -0.4 is 11.5 Å². The van der Waals surface area contributed by atoms with Gasteiger partial charge in [0.1, 0.15) is 5.52 Å². The first kappa shape index (κ1) is 10.3. The van der Waals surface area contributed by atoms with Gasteiger partial charge in [-0.2, -0.15) is 9.97 Å². The third kappa shape index (κ3) is 1.59. The van der Waals surface area contributed by atoms with E-state index in [1.807, 2.05) is 4.57 Å². The normalized spacial score (nSPS) is 24.5. The Morgan fingerprint density at radius 3 is 2.82 bits per heavy atom. The van der Waals surface area contributed by atoms with Crippen LogP contribution in [0.25, 0.3) is 11.2 Å². The zero-order valence-corrected chi connectivity index (χ0v) is 9.24. The smallest absolute Gasteiger partial charge is 0.224 e. The number of rotatable bonds is 1. The Balaban J connectivity index is 2.11. The summed E-state index contributed by atoms with van der Waals surface area (Å²) in [5, 5.41) is 9.56. The van der Waals surface area contributed by atoms with E-state index in [0.717, 1.165) is 19.3 Å². The van der Waals surface area contributed by atoms with Crippen LogP contribution in [0.15, 0.2) is 6.33 Å². The van der Waals surface area contributed by atoms with Crippen LogP contribution >= 0.6 is 0 Å². The highest BCUT2D eigenvalue weighted by molar-refractivity contribution is 5.82. The van der Waals surface area contributed by atoms with Crippen molar-refractivity contribution < 1.29 is 5.11 Å². The summed E-state index contributed by atoms with van der Waals surface area (Å²) < 4.78 is 1.93. The lowest BCUT2D eigenvalue weighted by Gasteiger charge is -2.11. The third-order valence-electron chi connectivity index (χ3n) is 3.24. The maximum atomic E-state index is 9.56. The van der Waals surface area contributed by atoms with Gasteiger partial charge in [-0.1, -0.05) is 0 Å². The molecule has 2 aromatic rings. The van der Waals surface area contributed by atoms with Gasteiger partial charge in [0.2, 0.25) is 5.95 Å². The van der Waals surface area contributed by atoms with E-state index in [2.05, 4.69) is 15.0 Å². The Morgan fingerprint density at radius 1 is 1.29 bits per heavy atom. The molecule has 1 aliphatic carbocycles. The summed E-state index contributed by atoms with van der Waals surface area (Å²) in [6.45, 7) is 0. The summed E-state index contributed by atoms with van der Waals surface area (Å²) >= 11 is 0. The van der Waals surface area contributed by atoms with E-state index >= 15 is 0 Å². The van der Waals surface area contributed by atoms with Crippen molar-refractivity contribution in [3.8, 4) is 0 Å². The summed E-state index contributed by atoms with van der Waals surface area (Å²) in [6, 6.07) is 0.212. The molecule has 0 amide bonds. The average molecular weight is 234 g/mol. The van der Waals surface area contributed by atoms with Crippen molar-refractivity contribution in [2.24, 2.45) is 0 Å². The van der Waals surface area contributed by atoms with E-state index in [-0.39, 0.29) is 18.1 Å². The topological polar surface area (TPSA) is 116 Å². The fourth-order valence-corrected chi connectivity index (χ4v) is 2.41. The maximum Gasteiger partial charge on any atom is 0.224 e. The first-order chi connectivity index (χ1) is 8.15. The fourth-order valence-electron chi connectivity index (χ4n) is 2.41. The maximum absolute atomic E-state index is 9.56. The van der Waals surface area contributed by atoms with Crippen molar-refractivity contribution in [3.63, 3.8) is 0 Å². The van der Waals surface area contributed by atoms with Gasteiger partial charge in [-0.3, -0.25) is 0 Å². The summed E-state index contributed by atoms with van der Waals surface area (Å²) in [5.74, 6) is 0.445. The second-order valence-electron chi connectivity index (χ2n) is 4.41. The molecule has 2 heterocycles. The largest absolute Gasteiger partial charge is 0.393 e. The molecule has 5 N–H and O–H groups in total. The van der Waals surface area contributed by atoms with Gasteiger partial charge < -0.3 is 21.1 Å². The Kier molecular flexibility index (Phi) is 2.15. The molecule has 0 aliphatic heterocycles. The molecule has 0 bridgehead atoms. The average Bonchev–Trinajstić information content (AvgIpc) is 2.83. The molecule has 7 heteroatoms. The van der Waals surface area contributed by atoms with E-state index < -0.39 is 0 Å². The molecule has 0 radical (unpaired) electrons. The summed E-state index contributed by atoms with van der Waals surface area (Å²) in [5.41, 5.74) is 12.5. The lowest BCUT2D eigenvalue weighted by molar-refractivity contribution is 0.178. The predicted octanol–water partition coefficient (Wildman–Crippen LogP) is 0.0766. The quantitative estimate of drug-likeness (QED) is 0.643. The van der Waals surface area contributed by atoms with E-state index in [4.69, 9.17) is 11.5 Å². The SMILES string of the molecule is Nc1nc(N)c2ncn([C@H]3CC[C@@H](O)C3)c2n1. The van der Waals surface area contributed by atoms with Crippen LogP contribution in [0, 0.1) is 0 Å². The Hall–Kier alpha value is -1.89. The first-order valence-corrected chi connectivity index (χ1v) is 5.58. The fraction of sp³-hybridized carbons (Fsp3) is 0.500. The Bertz CT molecular complexity index is 565. The van der Waals surface area contributed by atoms with Crippen LogP contribution in [-0.4, -0.2) is 30.7 Å². The Labute approximate surface area is 97.5 Å². The standard InChI is InChI=1S/C10H14N6O/c11-8-7-9(15-10(12)14-8)16(4-13-7)5-1-2-6(17)3-5/h4-6,17H,1-3H2,(H4,11,12,14,15)/t5-,6+/m0/s1. The molecule has 7 nitrogen and oxygen atoms in total. The molecule has 1 fully saturated rings. The zero-order chi connectivity index (χ0) is 12.0. The van der Waals surface area contributed by atoms with E-state index in [1.54, 1.807) is 6.33 Å². The first-order valence-electron chi connectivity index (χ1n) is 5.58.